The monoisotopic (exact) mass is 390 g/mol. The van der Waals surface area contributed by atoms with Crippen molar-refractivity contribution < 1.29 is 19.5 Å². The Bertz CT molecular complexity index is 681. The van der Waals surface area contributed by atoms with E-state index in [0.717, 1.165) is 0 Å². The molecule has 0 bridgehead atoms. The largest absolute Gasteiger partial charge is 0.478 e. The zero-order valence-electron chi connectivity index (χ0n) is 12.5. The van der Waals surface area contributed by atoms with E-state index >= 15 is 0 Å². The number of halogens is 1. The van der Waals surface area contributed by atoms with Gasteiger partial charge in [0, 0.05) is 11.1 Å². The maximum atomic E-state index is 12.3. The third-order valence-corrected chi connectivity index (χ3v) is 4.13. The zero-order chi connectivity index (χ0) is 17.6. The number of carboxylic acids is 1. The summed E-state index contributed by atoms with van der Waals surface area (Å²) < 4.78 is 0. The zero-order valence-corrected chi connectivity index (χ0v) is 14.1. The normalized spacial score (nSPS) is 10.7. The molecule has 124 valence electrons. The first-order chi connectivity index (χ1) is 11.5. The molecule has 24 heavy (non-hydrogen) atoms. The molecule has 6 nitrogen and oxygen atoms in total. The highest BCUT2D eigenvalue weighted by molar-refractivity contribution is 9.09. The molecule has 0 aliphatic heterocycles. The van der Waals surface area contributed by atoms with Crippen LogP contribution in [0.2, 0.25) is 0 Å². The van der Waals surface area contributed by atoms with Gasteiger partial charge < -0.3 is 15.7 Å². The van der Waals surface area contributed by atoms with E-state index in [9.17, 15) is 19.5 Å². The van der Waals surface area contributed by atoms with Crippen molar-refractivity contribution in [1.29, 1.82) is 0 Å². The summed E-state index contributed by atoms with van der Waals surface area (Å²) in [5, 5.41) is 14.1. The predicted octanol–water partition coefficient (Wildman–Crippen LogP) is 2.02. The van der Waals surface area contributed by atoms with Crippen LogP contribution < -0.4 is 10.6 Å². The average Bonchev–Trinajstić information content (AvgIpc) is 2.62. The van der Waals surface area contributed by atoms with Gasteiger partial charge in [-0.15, -0.1) is 0 Å². The summed E-state index contributed by atoms with van der Waals surface area (Å²) in [5.41, 5.74) is -1.39. The molecule has 3 N–H and O–H groups in total. The molecular formula is C17H15BrN2O4. The van der Waals surface area contributed by atoms with E-state index < -0.39 is 23.4 Å². The fraction of sp³-hybridized carbons (Fsp3) is 0.118. The molecule has 0 heterocycles. The van der Waals surface area contributed by atoms with Gasteiger partial charge in [0.25, 0.3) is 11.8 Å². The number of aliphatic carboxylic acids is 1. The molecule has 0 aliphatic carbocycles. The van der Waals surface area contributed by atoms with Crippen molar-refractivity contribution in [3.63, 3.8) is 0 Å². The number of hydrogen-bond donors (Lipinski definition) is 3. The van der Waals surface area contributed by atoms with Crippen molar-refractivity contribution in [2.24, 2.45) is 0 Å². The highest BCUT2D eigenvalue weighted by Crippen LogP contribution is 2.11. The number of carbonyl (C=O) groups is 3. The minimum absolute atomic E-state index is 0.202. The number of nitrogens with one attached hydrogen (secondary N) is 2. The van der Waals surface area contributed by atoms with Gasteiger partial charge in [-0.25, -0.2) is 4.79 Å². The average molecular weight is 391 g/mol. The molecule has 2 aromatic rings. The number of rotatable bonds is 6. The van der Waals surface area contributed by atoms with Crippen LogP contribution in [0.5, 0.6) is 0 Å². The minimum Gasteiger partial charge on any atom is -0.478 e. The van der Waals surface area contributed by atoms with Gasteiger partial charge >= 0.3 is 5.97 Å². The Morgan fingerprint density at radius 3 is 1.50 bits per heavy atom. The van der Waals surface area contributed by atoms with E-state index in [1.807, 2.05) is 0 Å². The van der Waals surface area contributed by atoms with Crippen LogP contribution >= 0.6 is 15.9 Å². The van der Waals surface area contributed by atoms with Crippen LogP contribution in [0.1, 0.15) is 20.7 Å². The fourth-order valence-electron chi connectivity index (χ4n) is 1.97. The maximum absolute atomic E-state index is 12.3. The molecule has 0 saturated carbocycles. The molecule has 0 unspecified atom stereocenters. The lowest BCUT2D eigenvalue weighted by Crippen LogP contribution is -2.67. The van der Waals surface area contributed by atoms with E-state index in [2.05, 4.69) is 26.6 Å². The molecule has 0 spiro atoms. The molecule has 2 amide bonds. The number of alkyl halides is 1. The second kappa shape index (κ2) is 7.74. The topological polar surface area (TPSA) is 95.5 Å². The quantitative estimate of drug-likeness (QED) is 0.519. The van der Waals surface area contributed by atoms with Gasteiger partial charge in [-0.1, -0.05) is 52.3 Å². The summed E-state index contributed by atoms with van der Waals surface area (Å²) in [7, 11) is 0. The van der Waals surface area contributed by atoms with Crippen LogP contribution in [0.25, 0.3) is 0 Å². The summed E-state index contributed by atoms with van der Waals surface area (Å²) in [6.07, 6.45) is 0. The second-order valence-electron chi connectivity index (χ2n) is 4.98. The predicted molar refractivity (Wildman–Crippen MR) is 92.0 cm³/mol. The van der Waals surface area contributed by atoms with Gasteiger partial charge in [-0.2, -0.15) is 0 Å². The van der Waals surface area contributed by atoms with E-state index in [0.29, 0.717) is 0 Å². The second-order valence-corrected chi connectivity index (χ2v) is 5.55. The lowest BCUT2D eigenvalue weighted by molar-refractivity contribution is -0.144. The van der Waals surface area contributed by atoms with Crippen molar-refractivity contribution >= 4 is 33.7 Å². The van der Waals surface area contributed by atoms with Crippen LogP contribution in [0.15, 0.2) is 60.7 Å². The highest BCUT2D eigenvalue weighted by atomic mass is 79.9. The third-order valence-electron chi connectivity index (χ3n) is 3.29. The number of carboxylic acid groups (broad SMARTS) is 1. The van der Waals surface area contributed by atoms with Crippen molar-refractivity contribution in [3.05, 3.63) is 71.8 Å². The Kier molecular flexibility index (Phi) is 5.70. The van der Waals surface area contributed by atoms with Crippen molar-refractivity contribution in [2.45, 2.75) is 5.66 Å². The Morgan fingerprint density at radius 2 is 1.21 bits per heavy atom. The summed E-state index contributed by atoms with van der Waals surface area (Å²) in [6, 6.07) is 16.3. The molecule has 0 aliphatic rings. The lowest BCUT2D eigenvalue weighted by Gasteiger charge is -2.29. The van der Waals surface area contributed by atoms with Gasteiger partial charge in [0.2, 0.25) is 5.66 Å². The SMILES string of the molecule is O=C(NC(CBr)(NC(=O)c1ccccc1)C(=O)O)c1ccccc1. The van der Waals surface area contributed by atoms with E-state index in [-0.39, 0.29) is 16.5 Å². The molecule has 0 fully saturated rings. The molecule has 2 rings (SSSR count). The van der Waals surface area contributed by atoms with Crippen molar-refractivity contribution in [3.8, 4) is 0 Å². The molecule has 0 atom stereocenters. The maximum Gasteiger partial charge on any atom is 0.351 e. The van der Waals surface area contributed by atoms with Crippen LogP contribution in [0.4, 0.5) is 0 Å². The Morgan fingerprint density at radius 1 is 0.833 bits per heavy atom. The van der Waals surface area contributed by atoms with E-state index in [1.54, 1.807) is 60.7 Å². The number of amides is 2. The Hall–Kier alpha value is -2.67. The van der Waals surface area contributed by atoms with Crippen LogP contribution in [-0.2, 0) is 4.79 Å². The highest BCUT2D eigenvalue weighted by Gasteiger charge is 2.41. The third kappa shape index (κ3) is 3.99. The first kappa shape index (κ1) is 17.7. The van der Waals surface area contributed by atoms with Gasteiger partial charge in [-0.3, -0.25) is 9.59 Å². The number of benzene rings is 2. The van der Waals surface area contributed by atoms with E-state index in [4.69, 9.17) is 0 Å². The molecule has 0 radical (unpaired) electrons. The molecule has 2 aromatic carbocycles. The molecule has 0 saturated heterocycles. The fourth-order valence-corrected chi connectivity index (χ4v) is 2.49. The van der Waals surface area contributed by atoms with Crippen LogP contribution in [0.3, 0.4) is 0 Å². The smallest absolute Gasteiger partial charge is 0.351 e. The van der Waals surface area contributed by atoms with Gasteiger partial charge in [-0.05, 0) is 24.3 Å². The van der Waals surface area contributed by atoms with Gasteiger partial charge in [0.05, 0.1) is 5.33 Å². The summed E-state index contributed by atoms with van der Waals surface area (Å²) >= 11 is 3.07. The minimum atomic E-state index is -1.97. The number of hydrogen-bond acceptors (Lipinski definition) is 3. The first-order valence-corrected chi connectivity index (χ1v) is 8.15. The Balaban J connectivity index is 2.25. The molecule has 0 aromatic heterocycles. The van der Waals surface area contributed by atoms with Crippen LogP contribution in [-0.4, -0.2) is 33.9 Å². The van der Waals surface area contributed by atoms with Crippen LogP contribution in [0, 0.1) is 0 Å². The Labute approximate surface area is 147 Å². The van der Waals surface area contributed by atoms with Gasteiger partial charge in [0.15, 0.2) is 0 Å². The molecule has 7 heteroatoms. The van der Waals surface area contributed by atoms with Crippen molar-refractivity contribution in [1.82, 2.24) is 10.6 Å². The molecular weight excluding hydrogens is 376 g/mol. The van der Waals surface area contributed by atoms with Gasteiger partial charge in [0.1, 0.15) is 0 Å². The van der Waals surface area contributed by atoms with E-state index in [1.165, 1.54) is 0 Å². The number of carbonyl (C=O) groups excluding carboxylic acids is 2. The summed E-state index contributed by atoms with van der Waals surface area (Å²) in [6.45, 7) is 0. The first-order valence-electron chi connectivity index (χ1n) is 7.03. The summed E-state index contributed by atoms with van der Waals surface area (Å²) in [4.78, 5) is 36.3. The summed E-state index contributed by atoms with van der Waals surface area (Å²) in [5.74, 6) is -2.59. The van der Waals surface area contributed by atoms with Crippen molar-refractivity contribution in [2.75, 3.05) is 5.33 Å². The lowest BCUT2D eigenvalue weighted by atomic mass is 10.1. The standard InChI is InChI=1S/C17H15BrN2O4/c18-11-17(16(23)24,19-14(21)12-7-3-1-4-8-12)20-15(22)13-9-5-2-6-10-13/h1-10H,11H2,(H,19,21)(H,20,22)(H,23,24).